The maximum Gasteiger partial charge on any atom is 0.307 e. The molecule has 5 nitrogen and oxygen atoms in total. The quantitative estimate of drug-likeness (QED) is 0.776. The summed E-state index contributed by atoms with van der Waals surface area (Å²) in [6.07, 6.45) is 5.73. The third-order valence-corrected chi connectivity index (χ3v) is 4.07. The maximum atomic E-state index is 12.5. The van der Waals surface area contributed by atoms with Gasteiger partial charge in [-0.15, -0.1) is 0 Å². The molecule has 5 heteroatoms. The second-order valence-electron chi connectivity index (χ2n) is 5.39. The van der Waals surface area contributed by atoms with Crippen LogP contribution in [0.2, 0.25) is 0 Å². The van der Waals surface area contributed by atoms with Crippen LogP contribution in [0.5, 0.6) is 0 Å². The van der Waals surface area contributed by atoms with Gasteiger partial charge in [-0.2, -0.15) is 0 Å². The molecule has 0 bridgehead atoms. The summed E-state index contributed by atoms with van der Waals surface area (Å²) in [4.78, 5) is 25.5. The number of hydrogen-bond acceptors (Lipinski definition) is 3. The molecule has 2 rings (SSSR count). The summed E-state index contributed by atoms with van der Waals surface area (Å²) in [6, 6.07) is 0. The van der Waals surface area contributed by atoms with E-state index in [1.54, 1.807) is 7.11 Å². The van der Waals surface area contributed by atoms with Gasteiger partial charge in [0.05, 0.1) is 18.4 Å². The summed E-state index contributed by atoms with van der Waals surface area (Å²) in [7, 11) is 1.66. The van der Waals surface area contributed by atoms with E-state index in [0.29, 0.717) is 31.9 Å². The predicted octanol–water partition coefficient (Wildman–Crippen LogP) is 1.15. The van der Waals surface area contributed by atoms with Gasteiger partial charge in [0.1, 0.15) is 0 Å². The molecule has 106 valence electrons. The molecule has 1 aliphatic heterocycles. The lowest BCUT2D eigenvalue weighted by Gasteiger charge is -2.28. The highest BCUT2D eigenvalue weighted by Gasteiger charge is 2.38. The molecule has 1 aliphatic carbocycles. The lowest BCUT2D eigenvalue weighted by atomic mass is 9.82. The van der Waals surface area contributed by atoms with E-state index < -0.39 is 17.8 Å². The zero-order chi connectivity index (χ0) is 13.8. The first-order chi connectivity index (χ1) is 9.13. The van der Waals surface area contributed by atoms with E-state index in [1.165, 1.54) is 0 Å². The average Bonchev–Trinajstić information content (AvgIpc) is 2.87. The molecule has 1 fully saturated rings. The Labute approximate surface area is 113 Å². The van der Waals surface area contributed by atoms with Gasteiger partial charge in [0, 0.05) is 26.1 Å². The molecule has 1 N–H and O–H groups in total. The van der Waals surface area contributed by atoms with Gasteiger partial charge in [-0.05, 0) is 19.3 Å². The van der Waals surface area contributed by atoms with Gasteiger partial charge in [0.15, 0.2) is 0 Å². The summed E-state index contributed by atoms with van der Waals surface area (Å²) in [6.45, 7) is 2.08. The van der Waals surface area contributed by atoms with E-state index in [0.717, 1.165) is 13.0 Å². The minimum atomic E-state index is -0.865. The molecular formula is C14H21NO4. The Morgan fingerprint density at radius 2 is 2.00 bits per heavy atom. The van der Waals surface area contributed by atoms with Gasteiger partial charge in [-0.25, -0.2) is 0 Å². The summed E-state index contributed by atoms with van der Waals surface area (Å²) < 4.78 is 5.12. The number of methoxy groups -OCH3 is 1. The van der Waals surface area contributed by atoms with Gasteiger partial charge in [0.2, 0.25) is 5.91 Å². The van der Waals surface area contributed by atoms with Crippen LogP contribution in [-0.4, -0.2) is 48.7 Å². The molecule has 3 atom stereocenters. The molecule has 0 spiro atoms. The average molecular weight is 267 g/mol. The van der Waals surface area contributed by atoms with Gasteiger partial charge < -0.3 is 14.7 Å². The van der Waals surface area contributed by atoms with Crippen LogP contribution in [0.3, 0.4) is 0 Å². The van der Waals surface area contributed by atoms with E-state index >= 15 is 0 Å². The molecule has 3 unspecified atom stereocenters. The van der Waals surface area contributed by atoms with Crippen LogP contribution in [0.4, 0.5) is 0 Å². The molecule has 19 heavy (non-hydrogen) atoms. The minimum Gasteiger partial charge on any atom is -0.481 e. The van der Waals surface area contributed by atoms with Crippen LogP contribution in [0.1, 0.15) is 19.3 Å². The molecule has 0 aromatic rings. The molecule has 0 saturated carbocycles. The molecule has 0 aromatic carbocycles. The number of rotatable bonds is 4. The third-order valence-electron chi connectivity index (χ3n) is 4.07. The van der Waals surface area contributed by atoms with Gasteiger partial charge in [-0.3, -0.25) is 9.59 Å². The number of carbonyl (C=O) groups excluding carboxylic acids is 1. The predicted molar refractivity (Wildman–Crippen MR) is 69.6 cm³/mol. The topological polar surface area (TPSA) is 66.8 Å². The van der Waals surface area contributed by atoms with Crippen molar-refractivity contribution in [2.24, 2.45) is 17.8 Å². The Morgan fingerprint density at radius 1 is 1.32 bits per heavy atom. The number of amides is 1. The van der Waals surface area contributed by atoms with Crippen LogP contribution >= 0.6 is 0 Å². The van der Waals surface area contributed by atoms with Crippen molar-refractivity contribution in [3.63, 3.8) is 0 Å². The Balaban J connectivity index is 1.99. The van der Waals surface area contributed by atoms with E-state index in [-0.39, 0.29) is 5.91 Å². The first-order valence-electron chi connectivity index (χ1n) is 6.79. The van der Waals surface area contributed by atoms with Crippen LogP contribution < -0.4 is 0 Å². The minimum absolute atomic E-state index is 0.00430. The van der Waals surface area contributed by atoms with Crippen molar-refractivity contribution in [3.8, 4) is 0 Å². The van der Waals surface area contributed by atoms with E-state index in [4.69, 9.17) is 4.74 Å². The normalized spacial score (nSPS) is 30.6. The molecule has 1 heterocycles. The number of allylic oxidation sites excluding steroid dienone is 2. The van der Waals surface area contributed by atoms with Crippen molar-refractivity contribution in [1.29, 1.82) is 0 Å². The highest BCUT2D eigenvalue weighted by atomic mass is 16.5. The number of hydrogen-bond donors (Lipinski definition) is 1. The van der Waals surface area contributed by atoms with Crippen molar-refractivity contribution < 1.29 is 19.4 Å². The Morgan fingerprint density at radius 3 is 2.63 bits per heavy atom. The lowest BCUT2D eigenvalue weighted by Crippen LogP contribution is -2.40. The van der Waals surface area contributed by atoms with Crippen molar-refractivity contribution in [3.05, 3.63) is 12.2 Å². The fourth-order valence-corrected chi connectivity index (χ4v) is 3.00. The second-order valence-corrected chi connectivity index (χ2v) is 5.39. The SMILES string of the molecule is COCC1CCN(C(=O)C2CC=CCC2C(=O)O)C1. The van der Waals surface area contributed by atoms with Gasteiger partial charge >= 0.3 is 5.97 Å². The number of carbonyl (C=O) groups is 2. The van der Waals surface area contributed by atoms with Crippen molar-refractivity contribution in [1.82, 2.24) is 4.90 Å². The molecule has 0 radical (unpaired) electrons. The number of carboxylic acids is 1. The van der Waals surface area contributed by atoms with Crippen molar-refractivity contribution in [2.75, 3.05) is 26.8 Å². The Bertz CT molecular complexity index is 380. The Hall–Kier alpha value is -1.36. The monoisotopic (exact) mass is 267 g/mol. The number of nitrogens with zero attached hydrogens (tertiary/aromatic N) is 1. The zero-order valence-electron chi connectivity index (χ0n) is 11.2. The van der Waals surface area contributed by atoms with Crippen molar-refractivity contribution in [2.45, 2.75) is 19.3 Å². The molecular weight excluding hydrogens is 246 g/mol. The molecule has 1 amide bonds. The first-order valence-corrected chi connectivity index (χ1v) is 6.79. The highest BCUT2D eigenvalue weighted by molar-refractivity contribution is 5.85. The third kappa shape index (κ3) is 3.15. The summed E-state index contributed by atoms with van der Waals surface area (Å²) in [5.74, 6) is -1.45. The fraction of sp³-hybridized carbons (Fsp3) is 0.714. The summed E-state index contributed by atoms with van der Waals surface area (Å²) >= 11 is 0. The number of carboxylic acid groups (broad SMARTS) is 1. The van der Waals surface area contributed by atoms with Crippen LogP contribution in [-0.2, 0) is 14.3 Å². The Kier molecular flexibility index (Phi) is 4.58. The number of aliphatic carboxylic acids is 1. The van der Waals surface area contributed by atoms with E-state index in [2.05, 4.69) is 0 Å². The number of likely N-dealkylation sites (tertiary alicyclic amines) is 1. The zero-order valence-corrected chi connectivity index (χ0v) is 11.2. The maximum absolute atomic E-state index is 12.5. The van der Waals surface area contributed by atoms with Gasteiger partial charge in [-0.1, -0.05) is 12.2 Å². The molecule has 0 aromatic heterocycles. The van der Waals surface area contributed by atoms with Gasteiger partial charge in [0.25, 0.3) is 0 Å². The highest BCUT2D eigenvalue weighted by Crippen LogP contribution is 2.29. The standard InChI is InChI=1S/C14H21NO4/c1-19-9-10-6-7-15(8-10)13(16)11-4-2-3-5-12(11)14(17)18/h2-3,10-12H,4-9H2,1H3,(H,17,18). The summed E-state index contributed by atoms with van der Waals surface area (Å²) in [5.41, 5.74) is 0. The van der Waals surface area contributed by atoms with Crippen LogP contribution in [0.25, 0.3) is 0 Å². The van der Waals surface area contributed by atoms with E-state index in [9.17, 15) is 14.7 Å². The van der Waals surface area contributed by atoms with E-state index in [1.807, 2.05) is 17.1 Å². The number of ether oxygens (including phenoxy) is 1. The molecule has 2 aliphatic rings. The largest absolute Gasteiger partial charge is 0.481 e. The van der Waals surface area contributed by atoms with Crippen molar-refractivity contribution >= 4 is 11.9 Å². The first kappa shape index (κ1) is 14.1. The lowest BCUT2D eigenvalue weighted by molar-refractivity contribution is -0.150. The van der Waals surface area contributed by atoms with Crippen LogP contribution in [0, 0.1) is 17.8 Å². The fourth-order valence-electron chi connectivity index (χ4n) is 3.00. The molecule has 1 saturated heterocycles. The smallest absolute Gasteiger partial charge is 0.307 e. The summed E-state index contributed by atoms with van der Waals surface area (Å²) in [5, 5.41) is 9.21. The van der Waals surface area contributed by atoms with Crippen LogP contribution in [0.15, 0.2) is 12.2 Å². The second kappa shape index (κ2) is 6.19.